The number of halogens is 1. The Morgan fingerprint density at radius 2 is 2.21 bits per heavy atom. The smallest absolute Gasteiger partial charge is 0.159 e. The highest BCUT2D eigenvalue weighted by Crippen LogP contribution is 2.13. The van der Waals surface area contributed by atoms with Gasteiger partial charge in [0.15, 0.2) is 5.82 Å². The van der Waals surface area contributed by atoms with Gasteiger partial charge in [-0.05, 0) is 31.8 Å². The molecule has 1 aromatic heterocycles. The van der Waals surface area contributed by atoms with Crippen molar-refractivity contribution in [3.8, 4) is 0 Å². The Bertz CT molecular complexity index is 280. The molecule has 4 heteroatoms. The minimum atomic E-state index is -0.365. The lowest BCUT2D eigenvalue weighted by Gasteiger charge is -2.21. The number of nitrogens with one attached hydrogen (secondary N) is 1. The third-order valence-electron chi connectivity index (χ3n) is 2.54. The highest BCUT2D eigenvalue weighted by molar-refractivity contribution is 4.93. The van der Waals surface area contributed by atoms with E-state index >= 15 is 0 Å². The van der Waals surface area contributed by atoms with Gasteiger partial charge in [-0.3, -0.25) is 0 Å². The first-order chi connectivity index (χ1) is 6.84. The average molecular weight is 195 g/mol. The van der Waals surface area contributed by atoms with Gasteiger partial charge in [-0.1, -0.05) is 0 Å². The van der Waals surface area contributed by atoms with Crippen LogP contribution in [-0.2, 0) is 6.42 Å². The molecular weight excluding hydrogens is 181 g/mol. The van der Waals surface area contributed by atoms with Crippen LogP contribution < -0.4 is 5.32 Å². The monoisotopic (exact) mass is 195 g/mol. The summed E-state index contributed by atoms with van der Waals surface area (Å²) in [5.74, 6) is 0.991. The van der Waals surface area contributed by atoms with Gasteiger partial charge in [0, 0.05) is 6.42 Å². The summed E-state index contributed by atoms with van der Waals surface area (Å²) in [5, 5.41) is 3.34. The summed E-state index contributed by atoms with van der Waals surface area (Å²) in [7, 11) is 0. The van der Waals surface area contributed by atoms with Crippen LogP contribution in [0.25, 0.3) is 0 Å². The summed E-state index contributed by atoms with van der Waals surface area (Å²) < 4.78 is 12.5. The van der Waals surface area contributed by atoms with Crippen LogP contribution in [0.1, 0.15) is 18.7 Å². The Hall–Kier alpha value is -1.03. The number of piperidine rings is 1. The zero-order valence-corrected chi connectivity index (χ0v) is 8.04. The number of rotatable bonds is 2. The maximum atomic E-state index is 12.5. The van der Waals surface area contributed by atoms with Crippen LogP contribution in [0, 0.1) is 11.7 Å². The van der Waals surface area contributed by atoms with Gasteiger partial charge in [0.2, 0.25) is 0 Å². The molecule has 0 spiro atoms. The van der Waals surface area contributed by atoms with E-state index in [1.807, 2.05) is 0 Å². The molecule has 0 aliphatic carbocycles. The molecule has 14 heavy (non-hydrogen) atoms. The predicted molar refractivity (Wildman–Crippen MR) is 51.3 cm³/mol. The quantitative estimate of drug-likeness (QED) is 0.769. The van der Waals surface area contributed by atoms with Gasteiger partial charge < -0.3 is 5.32 Å². The highest BCUT2D eigenvalue weighted by atomic mass is 19.1. The van der Waals surface area contributed by atoms with E-state index in [9.17, 15) is 4.39 Å². The number of nitrogens with zero attached hydrogens (tertiary/aromatic N) is 2. The molecule has 0 aromatic carbocycles. The molecule has 2 rings (SSSR count). The normalized spacial score (nSPS) is 22.2. The molecule has 3 nitrogen and oxygen atoms in total. The van der Waals surface area contributed by atoms with Gasteiger partial charge in [0.05, 0.1) is 12.4 Å². The van der Waals surface area contributed by atoms with E-state index in [0.29, 0.717) is 5.92 Å². The zero-order valence-electron chi connectivity index (χ0n) is 8.04. The SMILES string of the molecule is Fc1cnc(C[C@H]2CCCNC2)nc1. The maximum absolute atomic E-state index is 12.5. The van der Waals surface area contributed by atoms with Crippen molar-refractivity contribution in [2.75, 3.05) is 13.1 Å². The Morgan fingerprint density at radius 1 is 1.43 bits per heavy atom. The molecular formula is C10H14FN3. The summed E-state index contributed by atoms with van der Waals surface area (Å²) in [4.78, 5) is 7.92. The fraction of sp³-hybridized carbons (Fsp3) is 0.600. The van der Waals surface area contributed by atoms with E-state index in [4.69, 9.17) is 0 Å². The van der Waals surface area contributed by atoms with E-state index in [1.54, 1.807) is 0 Å². The highest BCUT2D eigenvalue weighted by Gasteiger charge is 2.14. The second-order valence-corrected chi connectivity index (χ2v) is 3.73. The summed E-state index contributed by atoms with van der Waals surface area (Å²) >= 11 is 0. The Balaban J connectivity index is 1.92. The first-order valence-corrected chi connectivity index (χ1v) is 5.02. The summed E-state index contributed by atoms with van der Waals surface area (Å²) in [6.07, 6.45) is 5.75. The third-order valence-corrected chi connectivity index (χ3v) is 2.54. The van der Waals surface area contributed by atoms with E-state index in [2.05, 4.69) is 15.3 Å². The number of aromatic nitrogens is 2. The Kier molecular flexibility index (Phi) is 3.03. The van der Waals surface area contributed by atoms with Crippen molar-refractivity contribution in [2.45, 2.75) is 19.3 Å². The van der Waals surface area contributed by atoms with Crippen LogP contribution in [0.4, 0.5) is 4.39 Å². The molecule has 1 atom stereocenters. The van der Waals surface area contributed by atoms with Gasteiger partial charge in [-0.25, -0.2) is 14.4 Å². The largest absolute Gasteiger partial charge is 0.316 e. The molecule has 0 radical (unpaired) electrons. The third kappa shape index (κ3) is 2.48. The summed E-state index contributed by atoms with van der Waals surface area (Å²) in [6.45, 7) is 2.14. The van der Waals surface area contributed by atoms with Gasteiger partial charge in [-0.2, -0.15) is 0 Å². The van der Waals surface area contributed by atoms with Crippen LogP contribution in [-0.4, -0.2) is 23.1 Å². The molecule has 0 saturated carbocycles. The summed E-state index contributed by atoms with van der Waals surface area (Å²) in [6, 6.07) is 0. The second-order valence-electron chi connectivity index (χ2n) is 3.73. The van der Waals surface area contributed by atoms with Crippen molar-refractivity contribution in [1.29, 1.82) is 0 Å². The van der Waals surface area contributed by atoms with Crippen LogP contribution >= 0.6 is 0 Å². The van der Waals surface area contributed by atoms with Crippen molar-refractivity contribution in [1.82, 2.24) is 15.3 Å². The molecule has 1 saturated heterocycles. The van der Waals surface area contributed by atoms with Gasteiger partial charge >= 0.3 is 0 Å². The fourth-order valence-corrected chi connectivity index (χ4v) is 1.80. The van der Waals surface area contributed by atoms with E-state index in [1.165, 1.54) is 25.2 Å². The van der Waals surface area contributed by atoms with Gasteiger partial charge in [0.25, 0.3) is 0 Å². The lowest BCUT2D eigenvalue weighted by Crippen LogP contribution is -2.31. The lowest BCUT2D eigenvalue weighted by molar-refractivity contribution is 0.370. The van der Waals surface area contributed by atoms with Crippen molar-refractivity contribution < 1.29 is 4.39 Å². The van der Waals surface area contributed by atoms with E-state index < -0.39 is 0 Å². The molecule has 0 amide bonds. The molecule has 1 aromatic rings. The zero-order chi connectivity index (χ0) is 9.80. The molecule has 1 fully saturated rings. The summed E-state index contributed by atoms with van der Waals surface area (Å²) in [5.41, 5.74) is 0. The average Bonchev–Trinajstić information content (AvgIpc) is 2.23. The molecule has 0 unspecified atom stereocenters. The van der Waals surface area contributed by atoms with Crippen molar-refractivity contribution in [3.05, 3.63) is 24.0 Å². The molecule has 1 N–H and O–H groups in total. The number of hydrogen-bond acceptors (Lipinski definition) is 3. The minimum absolute atomic E-state index is 0.365. The van der Waals surface area contributed by atoms with Crippen LogP contribution in [0.5, 0.6) is 0 Å². The van der Waals surface area contributed by atoms with Gasteiger partial charge in [0.1, 0.15) is 5.82 Å². The molecule has 2 heterocycles. The molecule has 0 bridgehead atoms. The lowest BCUT2D eigenvalue weighted by atomic mass is 9.96. The van der Waals surface area contributed by atoms with Crippen molar-refractivity contribution >= 4 is 0 Å². The standard InChI is InChI=1S/C10H14FN3/c11-9-6-13-10(14-7-9)4-8-2-1-3-12-5-8/h6-8,12H,1-5H2/t8-/m1/s1. The Morgan fingerprint density at radius 3 is 2.86 bits per heavy atom. The van der Waals surface area contributed by atoms with E-state index in [-0.39, 0.29) is 5.82 Å². The van der Waals surface area contributed by atoms with Crippen LogP contribution in [0.2, 0.25) is 0 Å². The second kappa shape index (κ2) is 4.46. The predicted octanol–water partition coefficient (Wildman–Crippen LogP) is 1.16. The number of hydrogen-bond donors (Lipinski definition) is 1. The first-order valence-electron chi connectivity index (χ1n) is 5.02. The fourth-order valence-electron chi connectivity index (χ4n) is 1.80. The molecule has 76 valence electrons. The van der Waals surface area contributed by atoms with Gasteiger partial charge in [-0.15, -0.1) is 0 Å². The topological polar surface area (TPSA) is 37.8 Å². The van der Waals surface area contributed by atoms with Crippen molar-refractivity contribution in [2.24, 2.45) is 5.92 Å². The molecule has 1 aliphatic rings. The van der Waals surface area contributed by atoms with E-state index in [0.717, 1.165) is 25.3 Å². The van der Waals surface area contributed by atoms with Crippen LogP contribution in [0.15, 0.2) is 12.4 Å². The first kappa shape index (κ1) is 9.52. The minimum Gasteiger partial charge on any atom is -0.316 e. The molecule has 1 aliphatic heterocycles. The Labute approximate surface area is 82.8 Å². The maximum Gasteiger partial charge on any atom is 0.159 e. The van der Waals surface area contributed by atoms with Crippen molar-refractivity contribution in [3.63, 3.8) is 0 Å². The van der Waals surface area contributed by atoms with Crippen LogP contribution in [0.3, 0.4) is 0 Å².